The second-order valence-corrected chi connectivity index (χ2v) is 12.8. The molecule has 9 aromatic rings. The minimum Gasteiger partial charge on any atom is -0.456 e. The maximum absolute atomic E-state index is 6.32. The van der Waals surface area contributed by atoms with Crippen molar-refractivity contribution in [3.8, 4) is 11.1 Å². The predicted octanol–water partition coefficient (Wildman–Crippen LogP) is 11.5. The Labute approximate surface area is 278 Å². The van der Waals surface area contributed by atoms with Crippen LogP contribution in [0.1, 0.15) is 12.8 Å². The summed E-state index contributed by atoms with van der Waals surface area (Å²) >= 11 is 0. The van der Waals surface area contributed by atoms with E-state index in [9.17, 15) is 0 Å². The summed E-state index contributed by atoms with van der Waals surface area (Å²) in [5.74, 6) is 0. The Bertz CT molecular complexity index is 2840. The van der Waals surface area contributed by atoms with Gasteiger partial charge in [-0.25, -0.2) is 0 Å². The lowest BCUT2D eigenvalue weighted by Crippen LogP contribution is -2.22. The lowest BCUT2D eigenvalue weighted by molar-refractivity contribution is 0.572. The van der Waals surface area contributed by atoms with E-state index in [-0.39, 0.29) is 0 Å². The van der Waals surface area contributed by atoms with Crippen LogP contribution in [0.15, 0.2) is 156 Å². The molecule has 0 radical (unpaired) electrons. The molecule has 0 fully saturated rings. The van der Waals surface area contributed by atoms with Crippen LogP contribution in [0, 0.1) is 0 Å². The van der Waals surface area contributed by atoms with Crippen molar-refractivity contribution in [1.29, 1.82) is 0 Å². The first-order valence-corrected chi connectivity index (χ1v) is 16.7. The third-order valence-corrected chi connectivity index (χ3v) is 10.0. The molecule has 0 unspecified atom stereocenters. The average molecular weight is 614 g/mol. The fourth-order valence-electron chi connectivity index (χ4n) is 7.80. The Hall–Kier alpha value is -6.12. The summed E-state index contributed by atoms with van der Waals surface area (Å²) in [5.41, 5.74) is 7.73. The Kier molecular flexibility index (Phi) is 6.04. The third kappa shape index (κ3) is 4.19. The van der Waals surface area contributed by atoms with Crippen LogP contribution >= 0.6 is 0 Å². The van der Waals surface area contributed by atoms with E-state index in [1.807, 2.05) is 0 Å². The molecule has 1 heterocycles. The van der Waals surface area contributed by atoms with Gasteiger partial charge >= 0.3 is 0 Å². The molecule has 1 aromatic heterocycles. The molecule has 0 bridgehead atoms. The van der Waals surface area contributed by atoms with Gasteiger partial charge in [0.15, 0.2) is 0 Å². The van der Waals surface area contributed by atoms with Crippen LogP contribution in [0.5, 0.6) is 0 Å². The monoisotopic (exact) mass is 613 g/mol. The van der Waals surface area contributed by atoms with Crippen molar-refractivity contribution in [2.45, 2.75) is 12.8 Å². The van der Waals surface area contributed by atoms with Crippen molar-refractivity contribution in [1.82, 2.24) is 0 Å². The first-order chi connectivity index (χ1) is 23.8. The molecule has 2 heteroatoms. The molecule has 0 spiro atoms. The number of anilines is 3. The molecular weight excluding hydrogens is 583 g/mol. The van der Waals surface area contributed by atoms with Gasteiger partial charge < -0.3 is 9.32 Å². The van der Waals surface area contributed by atoms with Crippen LogP contribution < -0.4 is 15.5 Å². The van der Waals surface area contributed by atoms with Gasteiger partial charge in [-0.3, -0.25) is 0 Å². The minimum atomic E-state index is 0.929. The molecule has 0 amide bonds. The topological polar surface area (TPSA) is 16.4 Å². The van der Waals surface area contributed by atoms with Crippen molar-refractivity contribution in [2.24, 2.45) is 0 Å². The molecule has 10 rings (SSSR count). The molecule has 1 aliphatic carbocycles. The maximum atomic E-state index is 6.32. The largest absolute Gasteiger partial charge is 0.456 e. The fourth-order valence-corrected chi connectivity index (χ4v) is 7.80. The fraction of sp³-hybridized carbons (Fsp3) is 0.0435. The summed E-state index contributed by atoms with van der Waals surface area (Å²) in [6.45, 7) is 0. The summed E-state index contributed by atoms with van der Waals surface area (Å²) in [4.78, 5) is 2.44. The molecule has 48 heavy (non-hydrogen) atoms. The van der Waals surface area contributed by atoms with E-state index in [2.05, 4.69) is 169 Å². The van der Waals surface area contributed by atoms with Gasteiger partial charge in [-0.05, 0) is 104 Å². The summed E-state index contributed by atoms with van der Waals surface area (Å²) in [6, 6.07) is 55.4. The lowest BCUT2D eigenvalue weighted by atomic mass is 9.94. The standard InChI is InChI=1S/C46H31NO/c1-4-14-36-30(10-1)13-9-18-37(36)32-20-23-34(24-21-32)47(35-25-27-45-42(29-35)40-17-7-8-19-44(40)48-45)43-28-33-12-3-5-15-38(33)41-26-22-31-11-2-6-16-39(31)46(41)43/h1-6,9-29H,7-8H2. The highest BCUT2D eigenvalue weighted by molar-refractivity contribution is 6.23. The number of furan rings is 1. The van der Waals surface area contributed by atoms with Crippen LogP contribution in [0.2, 0.25) is 0 Å². The Morgan fingerprint density at radius 3 is 2.00 bits per heavy atom. The highest BCUT2D eigenvalue weighted by Gasteiger charge is 2.20. The first kappa shape index (κ1) is 27.0. The van der Waals surface area contributed by atoms with E-state index in [0.29, 0.717) is 0 Å². The molecule has 0 saturated carbocycles. The Balaban J connectivity index is 1.27. The zero-order valence-corrected chi connectivity index (χ0v) is 26.4. The number of hydrogen-bond donors (Lipinski definition) is 0. The van der Waals surface area contributed by atoms with Gasteiger partial charge in [0.25, 0.3) is 0 Å². The number of benzene rings is 8. The second-order valence-electron chi connectivity index (χ2n) is 12.8. The van der Waals surface area contributed by atoms with Crippen molar-refractivity contribution in [3.63, 3.8) is 0 Å². The van der Waals surface area contributed by atoms with Gasteiger partial charge in [-0.2, -0.15) is 0 Å². The number of rotatable bonds is 4. The quantitative estimate of drug-likeness (QED) is 0.184. The van der Waals surface area contributed by atoms with E-state index in [1.54, 1.807) is 0 Å². The van der Waals surface area contributed by atoms with Gasteiger partial charge in [-0.15, -0.1) is 0 Å². The third-order valence-electron chi connectivity index (χ3n) is 10.0. The van der Waals surface area contributed by atoms with Crippen LogP contribution in [-0.2, 0) is 0 Å². The van der Waals surface area contributed by atoms with Crippen molar-refractivity contribution in [3.05, 3.63) is 162 Å². The molecule has 0 N–H and O–H groups in total. The highest BCUT2D eigenvalue weighted by Crippen LogP contribution is 2.45. The van der Waals surface area contributed by atoms with Crippen molar-refractivity contribution >= 4 is 83.3 Å². The average Bonchev–Trinajstić information content (AvgIpc) is 3.53. The molecule has 0 atom stereocenters. The minimum absolute atomic E-state index is 0.929. The lowest BCUT2D eigenvalue weighted by Gasteiger charge is -2.28. The Morgan fingerprint density at radius 1 is 0.458 bits per heavy atom. The maximum Gasteiger partial charge on any atom is 0.135 e. The van der Waals surface area contributed by atoms with E-state index in [1.165, 1.54) is 59.4 Å². The smallest absolute Gasteiger partial charge is 0.135 e. The van der Waals surface area contributed by atoms with Crippen molar-refractivity contribution in [2.75, 3.05) is 4.90 Å². The van der Waals surface area contributed by atoms with Gasteiger partial charge in [0.1, 0.15) is 11.0 Å². The summed E-state index contributed by atoms with van der Waals surface area (Å²) in [6.07, 6.45) is 6.60. The normalized spacial score (nSPS) is 12.8. The summed E-state index contributed by atoms with van der Waals surface area (Å²) < 4.78 is 6.32. The van der Waals surface area contributed by atoms with Gasteiger partial charge in [0.05, 0.1) is 5.69 Å². The molecule has 0 saturated heterocycles. The molecular formula is C46H31NO. The van der Waals surface area contributed by atoms with Gasteiger partial charge in [-0.1, -0.05) is 121 Å². The van der Waals surface area contributed by atoms with E-state index < -0.39 is 0 Å². The number of hydrogen-bond acceptors (Lipinski definition) is 2. The number of fused-ring (bicyclic) bond motifs is 9. The Morgan fingerprint density at radius 2 is 1.15 bits per heavy atom. The summed E-state index contributed by atoms with van der Waals surface area (Å²) in [7, 11) is 0. The van der Waals surface area contributed by atoms with Crippen LogP contribution in [-0.4, -0.2) is 0 Å². The van der Waals surface area contributed by atoms with E-state index in [0.717, 1.165) is 46.3 Å². The van der Waals surface area contributed by atoms with E-state index in [4.69, 9.17) is 4.42 Å². The summed E-state index contributed by atoms with van der Waals surface area (Å²) in [5, 5.41) is 12.3. The van der Waals surface area contributed by atoms with Crippen LogP contribution in [0.3, 0.4) is 0 Å². The highest BCUT2D eigenvalue weighted by atomic mass is 16.3. The zero-order chi connectivity index (χ0) is 31.6. The molecule has 1 aliphatic rings. The van der Waals surface area contributed by atoms with Gasteiger partial charge in [0.2, 0.25) is 0 Å². The molecule has 8 aromatic carbocycles. The molecule has 2 nitrogen and oxygen atoms in total. The SMILES string of the molecule is C1=c2oc3ccc(N(c4ccc(-c5cccc6ccccc56)cc4)c4cc5ccccc5c5ccc6ccccc6c45)cc3c2=CCC1. The molecule has 0 aliphatic heterocycles. The second kappa shape index (κ2) is 10.7. The van der Waals surface area contributed by atoms with Crippen LogP contribution in [0.25, 0.3) is 77.3 Å². The molecule has 226 valence electrons. The van der Waals surface area contributed by atoms with E-state index >= 15 is 0 Å². The number of nitrogens with zero attached hydrogens (tertiary/aromatic N) is 1. The zero-order valence-electron chi connectivity index (χ0n) is 26.4. The van der Waals surface area contributed by atoms with Gasteiger partial charge in [0, 0.05) is 27.4 Å². The van der Waals surface area contributed by atoms with Crippen LogP contribution in [0.4, 0.5) is 17.1 Å². The van der Waals surface area contributed by atoms with Crippen molar-refractivity contribution < 1.29 is 4.42 Å². The first-order valence-electron chi connectivity index (χ1n) is 16.7. The predicted molar refractivity (Wildman–Crippen MR) is 204 cm³/mol.